The highest BCUT2D eigenvalue weighted by molar-refractivity contribution is 6.25. The lowest BCUT2D eigenvalue weighted by molar-refractivity contribution is -0.121. The summed E-state index contributed by atoms with van der Waals surface area (Å²) in [5.74, 6) is -1.11. The fraction of sp³-hybridized carbons (Fsp3) is 0.524. The molecule has 1 saturated heterocycles. The van der Waals surface area contributed by atoms with Gasteiger partial charge in [-0.1, -0.05) is 19.3 Å². The van der Waals surface area contributed by atoms with Crippen LogP contribution in [-0.2, 0) is 9.59 Å². The predicted molar refractivity (Wildman–Crippen MR) is 105 cm³/mol. The summed E-state index contributed by atoms with van der Waals surface area (Å²) < 4.78 is 0. The number of amides is 2. The Morgan fingerprint density at radius 1 is 1.00 bits per heavy atom. The van der Waals surface area contributed by atoms with Gasteiger partial charge in [0, 0.05) is 24.5 Å². The van der Waals surface area contributed by atoms with Gasteiger partial charge in [-0.3, -0.25) is 9.59 Å². The molecule has 6 nitrogen and oxygen atoms in total. The number of carbonyl (C=O) groups is 2. The summed E-state index contributed by atoms with van der Waals surface area (Å²) in [4.78, 5) is 27.3. The first kappa shape index (κ1) is 17.9. The number of nitrogens with zero attached hydrogens (tertiary/aromatic N) is 1. The van der Waals surface area contributed by atoms with Crippen molar-refractivity contribution in [3.8, 4) is 0 Å². The Hall–Kier alpha value is -2.50. The Balaban J connectivity index is 1.47. The number of benzene rings is 1. The number of hydrogen-bond donors (Lipinski definition) is 3. The van der Waals surface area contributed by atoms with E-state index in [-0.39, 0.29) is 11.3 Å². The summed E-state index contributed by atoms with van der Waals surface area (Å²) >= 11 is 0. The molecular formula is C21H27N3O3. The molecule has 1 saturated carbocycles. The Bertz CT molecular complexity index is 757. The highest BCUT2D eigenvalue weighted by atomic mass is 16.3. The van der Waals surface area contributed by atoms with Crippen LogP contribution in [0.15, 0.2) is 35.6 Å². The van der Waals surface area contributed by atoms with Gasteiger partial charge in [-0.2, -0.15) is 0 Å². The molecule has 0 radical (unpaired) electrons. The Morgan fingerprint density at radius 3 is 2.30 bits per heavy atom. The average molecular weight is 369 g/mol. The van der Waals surface area contributed by atoms with Gasteiger partial charge >= 0.3 is 0 Å². The van der Waals surface area contributed by atoms with Gasteiger partial charge < -0.3 is 20.6 Å². The first-order valence-electron chi connectivity index (χ1n) is 10.0. The van der Waals surface area contributed by atoms with Crippen molar-refractivity contribution < 1.29 is 14.7 Å². The third-order valence-corrected chi connectivity index (χ3v) is 6.05. The van der Waals surface area contributed by atoms with Gasteiger partial charge in [0.15, 0.2) is 0 Å². The van der Waals surface area contributed by atoms with E-state index in [1.165, 1.54) is 19.3 Å². The first-order valence-corrected chi connectivity index (χ1v) is 10.0. The molecule has 0 atom stereocenters. The second kappa shape index (κ2) is 7.25. The number of aliphatic hydroxyl groups excluding tert-OH is 1. The molecular weight excluding hydrogens is 342 g/mol. The van der Waals surface area contributed by atoms with E-state index in [2.05, 4.69) is 15.5 Å². The van der Waals surface area contributed by atoms with Crippen LogP contribution in [0.25, 0.3) is 0 Å². The third-order valence-electron chi connectivity index (χ3n) is 6.05. The molecule has 27 heavy (non-hydrogen) atoms. The maximum atomic E-state index is 12.6. The second-order valence-corrected chi connectivity index (χ2v) is 7.87. The van der Waals surface area contributed by atoms with Gasteiger partial charge in [0.2, 0.25) is 0 Å². The summed E-state index contributed by atoms with van der Waals surface area (Å²) in [7, 11) is 0. The molecule has 3 N–H and O–H groups in total. The number of anilines is 2. The fourth-order valence-electron chi connectivity index (χ4n) is 4.51. The Labute approximate surface area is 159 Å². The zero-order valence-electron chi connectivity index (χ0n) is 15.6. The summed E-state index contributed by atoms with van der Waals surface area (Å²) in [5, 5.41) is 16.2. The molecule has 1 aromatic carbocycles. The minimum Gasteiger partial charge on any atom is -0.509 e. The SMILES string of the molecule is O=C(Nc1ccc(N2CCCCC2)cc1)C1=C(O)C2(CCCCC2)NC1=O. The molecule has 1 aliphatic carbocycles. The maximum Gasteiger partial charge on any atom is 0.264 e. The molecule has 0 aromatic heterocycles. The van der Waals surface area contributed by atoms with E-state index in [9.17, 15) is 14.7 Å². The number of nitrogens with one attached hydrogen (secondary N) is 2. The summed E-state index contributed by atoms with van der Waals surface area (Å²) in [6.07, 6.45) is 8.06. The van der Waals surface area contributed by atoms with Crippen molar-refractivity contribution in [2.24, 2.45) is 0 Å². The van der Waals surface area contributed by atoms with E-state index in [0.29, 0.717) is 18.5 Å². The lowest BCUT2D eigenvalue weighted by Crippen LogP contribution is -2.46. The van der Waals surface area contributed by atoms with Crippen molar-refractivity contribution in [1.82, 2.24) is 5.32 Å². The van der Waals surface area contributed by atoms with E-state index in [0.717, 1.165) is 38.0 Å². The predicted octanol–water partition coefficient (Wildman–Crippen LogP) is 3.26. The lowest BCUT2D eigenvalue weighted by atomic mass is 9.81. The van der Waals surface area contributed by atoms with Crippen LogP contribution in [-0.4, -0.2) is 35.5 Å². The zero-order chi connectivity index (χ0) is 18.9. The molecule has 6 heteroatoms. The van der Waals surface area contributed by atoms with Gasteiger partial charge in [-0.15, -0.1) is 0 Å². The lowest BCUT2D eigenvalue weighted by Gasteiger charge is -2.33. The topological polar surface area (TPSA) is 81.7 Å². The molecule has 2 heterocycles. The molecule has 2 aliphatic heterocycles. The van der Waals surface area contributed by atoms with Crippen LogP contribution < -0.4 is 15.5 Å². The molecule has 144 valence electrons. The van der Waals surface area contributed by atoms with Gasteiger partial charge in [-0.05, 0) is 56.4 Å². The minimum absolute atomic E-state index is 0.0883. The first-order chi connectivity index (χ1) is 13.1. The molecule has 0 bridgehead atoms. The van der Waals surface area contributed by atoms with Crippen molar-refractivity contribution >= 4 is 23.2 Å². The van der Waals surface area contributed by atoms with Crippen LogP contribution >= 0.6 is 0 Å². The van der Waals surface area contributed by atoms with Gasteiger partial charge in [0.25, 0.3) is 11.8 Å². The summed E-state index contributed by atoms with van der Waals surface area (Å²) in [6.45, 7) is 2.13. The quantitative estimate of drug-likeness (QED) is 0.715. The van der Waals surface area contributed by atoms with Crippen LogP contribution in [0.2, 0.25) is 0 Å². The Morgan fingerprint density at radius 2 is 1.63 bits per heavy atom. The molecule has 4 rings (SSSR count). The van der Waals surface area contributed by atoms with Gasteiger partial charge in [0.1, 0.15) is 11.3 Å². The number of hydrogen-bond acceptors (Lipinski definition) is 4. The van der Waals surface area contributed by atoms with E-state index < -0.39 is 17.4 Å². The average Bonchev–Trinajstić information content (AvgIpc) is 2.93. The molecule has 3 aliphatic rings. The zero-order valence-corrected chi connectivity index (χ0v) is 15.6. The molecule has 2 fully saturated rings. The largest absolute Gasteiger partial charge is 0.509 e. The van der Waals surface area contributed by atoms with Crippen molar-refractivity contribution in [3.63, 3.8) is 0 Å². The highest BCUT2D eigenvalue weighted by Crippen LogP contribution is 2.38. The smallest absolute Gasteiger partial charge is 0.264 e. The highest BCUT2D eigenvalue weighted by Gasteiger charge is 2.48. The van der Waals surface area contributed by atoms with Crippen molar-refractivity contribution in [2.45, 2.75) is 56.9 Å². The van der Waals surface area contributed by atoms with Crippen LogP contribution in [0.3, 0.4) is 0 Å². The van der Waals surface area contributed by atoms with Crippen LogP contribution in [0, 0.1) is 0 Å². The van der Waals surface area contributed by atoms with Crippen LogP contribution in [0.1, 0.15) is 51.4 Å². The van der Waals surface area contributed by atoms with Crippen LogP contribution in [0.4, 0.5) is 11.4 Å². The van der Waals surface area contributed by atoms with Crippen LogP contribution in [0.5, 0.6) is 0 Å². The summed E-state index contributed by atoms with van der Waals surface area (Å²) in [6, 6.07) is 7.68. The van der Waals surface area contributed by atoms with Crippen molar-refractivity contribution in [1.29, 1.82) is 0 Å². The minimum atomic E-state index is -0.736. The number of carbonyl (C=O) groups excluding carboxylic acids is 2. The van der Waals surface area contributed by atoms with E-state index in [1.54, 1.807) is 0 Å². The second-order valence-electron chi connectivity index (χ2n) is 7.87. The normalized spacial score (nSPS) is 22.1. The maximum absolute atomic E-state index is 12.6. The van der Waals surface area contributed by atoms with E-state index >= 15 is 0 Å². The summed E-state index contributed by atoms with van der Waals surface area (Å²) in [5.41, 5.74) is 0.894. The van der Waals surface area contributed by atoms with E-state index in [1.807, 2.05) is 24.3 Å². The number of rotatable bonds is 3. The molecule has 1 aromatic rings. The van der Waals surface area contributed by atoms with E-state index in [4.69, 9.17) is 0 Å². The fourth-order valence-corrected chi connectivity index (χ4v) is 4.51. The molecule has 1 spiro atoms. The third kappa shape index (κ3) is 3.40. The van der Waals surface area contributed by atoms with Crippen molar-refractivity contribution in [3.05, 3.63) is 35.6 Å². The molecule has 2 amide bonds. The van der Waals surface area contributed by atoms with Gasteiger partial charge in [0.05, 0.1) is 5.54 Å². The molecule has 0 unspecified atom stereocenters. The Kier molecular flexibility index (Phi) is 4.81. The number of piperidine rings is 1. The number of aliphatic hydroxyl groups is 1. The monoisotopic (exact) mass is 369 g/mol. The van der Waals surface area contributed by atoms with Crippen molar-refractivity contribution in [2.75, 3.05) is 23.3 Å². The van der Waals surface area contributed by atoms with Gasteiger partial charge in [-0.25, -0.2) is 0 Å². The standard InChI is InChI=1S/C21H27N3O3/c25-18-17(20(27)23-21(18)11-3-1-4-12-21)19(26)22-15-7-9-16(10-8-15)24-13-5-2-6-14-24/h7-10,25H,1-6,11-14H2,(H,22,26)(H,23,27).